The number of ether oxygens (including phenoxy) is 5. The number of rotatable bonds is 11. The van der Waals surface area contributed by atoms with Crippen LogP contribution in [0.3, 0.4) is 0 Å². The summed E-state index contributed by atoms with van der Waals surface area (Å²) in [6.45, 7) is 3.63. The van der Waals surface area contributed by atoms with Crippen LogP contribution in [0.2, 0.25) is 0 Å². The molecule has 46 heavy (non-hydrogen) atoms. The van der Waals surface area contributed by atoms with Crippen molar-refractivity contribution in [1.82, 2.24) is 4.57 Å². The zero-order valence-electron chi connectivity index (χ0n) is 25.6. The Labute approximate surface area is 277 Å². The van der Waals surface area contributed by atoms with Crippen LogP contribution in [-0.2, 0) is 19.1 Å². The normalized spacial score (nSPS) is 14.3. The zero-order chi connectivity index (χ0) is 32.8. The van der Waals surface area contributed by atoms with Gasteiger partial charge in [0.2, 0.25) is 0 Å². The van der Waals surface area contributed by atoms with Gasteiger partial charge in [0.05, 0.1) is 53.8 Å². The Morgan fingerprint density at radius 3 is 2.33 bits per heavy atom. The number of hydrogen-bond acceptors (Lipinski definition) is 10. The third-order valence-corrected chi connectivity index (χ3v) is 8.60. The van der Waals surface area contributed by atoms with E-state index in [1.807, 2.05) is 30.3 Å². The molecule has 2 heterocycles. The lowest BCUT2D eigenvalue weighted by Crippen LogP contribution is -2.40. The zero-order valence-corrected chi connectivity index (χ0v) is 28.0. The molecule has 0 spiro atoms. The molecule has 0 saturated carbocycles. The number of fused-ring (bicyclic) bond motifs is 1. The highest BCUT2D eigenvalue weighted by Crippen LogP contribution is 2.38. The number of hydrogen-bond donors (Lipinski definition) is 0. The standard InChI is InChI=1S/C34H31BrN2O8S/c1-5-43-28(38)19-45-24-14-12-20(16-23(24)35)17-27-32(39)37-31(22-13-15-25(41-3)26(18-22)42-4)29(33(40)44-6-2)30(36-34(37)46-27)21-10-8-7-9-11-21/h7-18,31H,5-6,19H2,1-4H3/b27-17-/t31-/m0/s1. The Hall–Kier alpha value is -4.68. The largest absolute Gasteiger partial charge is 0.493 e. The molecule has 0 fully saturated rings. The molecule has 10 nitrogen and oxygen atoms in total. The van der Waals surface area contributed by atoms with E-state index in [0.717, 1.165) is 0 Å². The van der Waals surface area contributed by atoms with Gasteiger partial charge in [0.25, 0.3) is 5.56 Å². The van der Waals surface area contributed by atoms with Crippen molar-refractivity contribution in [2.45, 2.75) is 19.9 Å². The van der Waals surface area contributed by atoms with E-state index in [-0.39, 0.29) is 31.0 Å². The van der Waals surface area contributed by atoms with Crippen molar-refractivity contribution in [3.05, 3.63) is 113 Å². The molecule has 0 saturated heterocycles. The first-order valence-corrected chi connectivity index (χ1v) is 16.0. The van der Waals surface area contributed by atoms with Gasteiger partial charge in [0.15, 0.2) is 22.9 Å². The maximum Gasteiger partial charge on any atom is 0.344 e. The first-order valence-electron chi connectivity index (χ1n) is 14.4. The molecule has 1 aromatic heterocycles. The summed E-state index contributed by atoms with van der Waals surface area (Å²) in [5.41, 5.74) is 2.33. The highest BCUT2D eigenvalue weighted by molar-refractivity contribution is 9.10. The second kappa shape index (κ2) is 14.6. The summed E-state index contributed by atoms with van der Waals surface area (Å²) >= 11 is 4.69. The van der Waals surface area contributed by atoms with Crippen molar-refractivity contribution >= 4 is 51.0 Å². The van der Waals surface area contributed by atoms with Crippen molar-refractivity contribution in [3.8, 4) is 17.2 Å². The number of halogens is 1. The highest BCUT2D eigenvalue weighted by atomic mass is 79.9. The number of esters is 2. The number of methoxy groups -OCH3 is 2. The van der Waals surface area contributed by atoms with E-state index in [0.29, 0.717) is 53.4 Å². The van der Waals surface area contributed by atoms with Crippen molar-refractivity contribution in [2.75, 3.05) is 34.0 Å². The van der Waals surface area contributed by atoms with Crippen LogP contribution in [0, 0.1) is 0 Å². The molecule has 238 valence electrons. The van der Waals surface area contributed by atoms with Gasteiger partial charge in [-0.15, -0.1) is 0 Å². The van der Waals surface area contributed by atoms with E-state index < -0.39 is 18.0 Å². The summed E-state index contributed by atoms with van der Waals surface area (Å²) < 4.78 is 29.6. The molecule has 5 rings (SSSR count). The molecule has 1 aliphatic heterocycles. The Kier molecular flexibility index (Phi) is 10.4. The molecule has 0 aliphatic carbocycles. The van der Waals surface area contributed by atoms with Gasteiger partial charge in [-0.1, -0.05) is 53.8 Å². The van der Waals surface area contributed by atoms with Crippen LogP contribution in [0.4, 0.5) is 0 Å². The van der Waals surface area contributed by atoms with Gasteiger partial charge in [-0.25, -0.2) is 14.6 Å². The number of benzene rings is 3. The number of thiazole rings is 1. The van der Waals surface area contributed by atoms with E-state index in [2.05, 4.69) is 15.9 Å². The fraction of sp³-hybridized carbons (Fsp3) is 0.235. The summed E-state index contributed by atoms with van der Waals surface area (Å²) in [5.74, 6) is 0.344. The lowest BCUT2D eigenvalue weighted by molar-refractivity contribution is -0.145. The lowest BCUT2D eigenvalue weighted by Gasteiger charge is -2.26. The van der Waals surface area contributed by atoms with Crippen LogP contribution in [0.25, 0.3) is 11.8 Å². The lowest BCUT2D eigenvalue weighted by atomic mass is 9.93. The van der Waals surface area contributed by atoms with Crippen LogP contribution in [0.1, 0.15) is 36.6 Å². The quantitative estimate of drug-likeness (QED) is 0.207. The average molecular weight is 708 g/mol. The molecule has 1 atom stereocenters. The Bertz CT molecular complexity index is 1980. The smallest absolute Gasteiger partial charge is 0.344 e. The maximum absolute atomic E-state index is 14.2. The van der Waals surface area contributed by atoms with Crippen LogP contribution in [0.15, 0.2) is 86.6 Å². The number of nitrogens with zero attached hydrogens (tertiary/aromatic N) is 2. The average Bonchev–Trinajstić information content (AvgIpc) is 3.37. The Morgan fingerprint density at radius 2 is 1.65 bits per heavy atom. The van der Waals surface area contributed by atoms with Crippen LogP contribution in [0.5, 0.6) is 17.2 Å². The fourth-order valence-electron chi connectivity index (χ4n) is 4.99. The van der Waals surface area contributed by atoms with Crippen molar-refractivity contribution in [3.63, 3.8) is 0 Å². The molecule has 4 aromatic rings. The summed E-state index contributed by atoms with van der Waals surface area (Å²) in [4.78, 5) is 44.9. The Morgan fingerprint density at radius 1 is 0.935 bits per heavy atom. The molecule has 12 heteroatoms. The third kappa shape index (κ3) is 6.77. The van der Waals surface area contributed by atoms with Gasteiger partial charge in [0, 0.05) is 5.56 Å². The second-order valence-electron chi connectivity index (χ2n) is 9.83. The molecule has 0 radical (unpaired) electrons. The van der Waals surface area contributed by atoms with E-state index in [4.69, 9.17) is 28.7 Å². The van der Waals surface area contributed by atoms with E-state index in [9.17, 15) is 14.4 Å². The van der Waals surface area contributed by atoms with Crippen LogP contribution >= 0.6 is 27.3 Å². The number of carbonyl (C=O) groups is 2. The summed E-state index contributed by atoms with van der Waals surface area (Å²) in [7, 11) is 3.06. The van der Waals surface area contributed by atoms with E-state index >= 15 is 0 Å². The molecule has 0 N–H and O–H groups in total. The van der Waals surface area contributed by atoms with Crippen LogP contribution < -0.4 is 29.1 Å². The van der Waals surface area contributed by atoms with Crippen molar-refractivity contribution < 1.29 is 33.3 Å². The van der Waals surface area contributed by atoms with E-state index in [1.165, 1.54) is 30.1 Å². The predicted octanol–water partition coefficient (Wildman–Crippen LogP) is 4.66. The molecular formula is C34H31BrN2O8S. The molecule has 3 aromatic carbocycles. The molecule has 0 amide bonds. The Balaban J connectivity index is 1.69. The van der Waals surface area contributed by atoms with Gasteiger partial charge >= 0.3 is 11.9 Å². The summed E-state index contributed by atoms with van der Waals surface area (Å²) in [6.07, 6.45) is 1.74. The number of aromatic nitrogens is 1. The van der Waals surface area contributed by atoms with Gasteiger partial charge in [-0.2, -0.15) is 0 Å². The van der Waals surface area contributed by atoms with Gasteiger partial charge < -0.3 is 23.7 Å². The highest BCUT2D eigenvalue weighted by Gasteiger charge is 2.35. The van der Waals surface area contributed by atoms with Gasteiger partial charge in [-0.05, 0) is 71.2 Å². The third-order valence-electron chi connectivity index (χ3n) is 7.00. The van der Waals surface area contributed by atoms with Gasteiger partial charge in [0.1, 0.15) is 5.75 Å². The minimum Gasteiger partial charge on any atom is -0.493 e. The maximum atomic E-state index is 14.2. The van der Waals surface area contributed by atoms with Gasteiger partial charge in [-0.3, -0.25) is 9.36 Å². The summed E-state index contributed by atoms with van der Waals surface area (Å²) in [6, 6.07) is 19.0. The fourth-order valence-corrected chi connectivity index (χ4v) is 6.51. The molecule has 0 unspecified atom stereocenters. The predicted molar refractivity (Wildman–Crippen MR) is 177 cm³/mol. The molecule has 1 aliphatic rings. The monoisotopic (exact) mass is 706 g/mol. The molecule has 0 bridgehead atoms. The van der Waals surface area contributed by atoms with Crippen molar-refractivity contribution in [1.29, 1.82) is 0 Å². The molecular weight excluding hydrogens is 676 g/mol. The minimum atomic E-state index is -0.877. The number of carbonyl (C=O) groups excluding carboxylic acids is 2. The first kappa shape index (κ1) is 32.7. The SMILES string of the molecule is CCOC(=O)COc1ccc(/C=c2\sc3n(c2=O)[C@@H](c2ccc(OC)c(OC)c2)C(C(=O)OCC)=C(c2ccccc2)N=3)cc1Br. The van der Waals surface area contributed by atoms with E-state index in [1.54, 1.807) is 56.3 Å². The summed E-state index contributed by atoms with van der Waals surface area (Å²) in [5, 5.41) is 0. The first-order chi connectivity index (χ1) is 22.3. The second-order valence-corrected chi connectivity index (χ2v) is 11.7. The minimum absolute atomic E-state index is 0.141. The van der Waals surface area contributed by atoms with Crippen LogP contribution in [-0.4, -0.2) is 50.5 Å². The van der Waals surface area contributed by atoms with Crippen molar-refractivity contribution in [2.24, 2.45) is 4.99 Å². The topological polar surface area (TPSA) is 115 Å².